The van der Waals surface area contributed by atoms with Crippen LogP contribution in [0.3, 0.4) is 0 Å². The number of pyridine rings is 1. The van der Waals surface area contributed by atoms with Gasteiger partial charge in [0.1, 0.15) is 0 Å². The largest absolute Gasteiger partial charge is 0.257 e. The van der Waals surface area contributed by atoms with E-state index in [1.165, 1.54) is 16.9 Å². The minimum Gasteiger partial charge on any atom is -0.237 e. The lowest BCUT2D eigenvalue weighted by molar-refractivity contribution is 0.592. The SMILES string of the molecule is NS(=O)(=O)c1ccn(-c2ccccn2)n1. The van der Waals surface area contributed by atoms with Crippen molar-refractivity contribution in [1.82, 2.24) is 14.8 Å². The van der Waals surface area contributed by atoms with E-state index < -0.39 is 10.0 Å². The fraction of sp³-hybridized carbons (Fsp3) is 0. The Bertz CT molecular complexity index is 561. The Balaban J connectivity index is 2.46. The first kappa shape index (κ1) is 9.81. The maximum atomic E-state index is 11.0. The van der Waals surface area contributed by atoms with Crippen molar-refractivity contribution in [3.05, 3.63) is 36.7 Å². The van der Waals surface area contributed by atoms with Gasteiger partial charge in [0, 0.05) is 12.4 Å². The van der Waals surface area contributed by atoms with Gasteiger partial charge in [0.15, 0.2) is 10.8 Å². The van der Waals surface area contributed by atoms with Gasteiger partial charge < -0.3 is 0 Å². The predicted molar refractivity (Wildman–Crippen MR) is 52.7 cm³/mol. The highest BCUT2D eigenvalue weighted by molar-refractivity contribution is 7.89. The second-order valence-electron chi connectivity index (χ2n) is 2.83. The molecular weight excluding hydrogens is 216 g/mol. The molecule has 0 unspecified atom stereocenters. The van der Waals surface area contributed by atoms with E-state index in [0.29, 0.717) is 5.82 Å². The molecule has 0 aliphatic heterocycles. The van der Waals surface area contributed by atoms with Gasteiger partial charge in [-0.15, -0.1) is 0 Å². The fourth-order valence-corrected chi connectivity index (χ4v) is 1.53. The van der Waals surface area contributed by atoms with Crippen LogP contribution in [0.5, 0.6) is 0 Å². The first-order valence-corrected chi connectivity index (χ1v) is 5.62. The number of sulfonamides is 1. The lowest BCUT2D eigenvalue weighted by Gasteiger charge is -1.97. The molecule has 78 valence electrons. The number of hydrogen-bond acceptors (Lipinski definition) is 4. The van der Waals surface area contributed by atoms with Crippen LogP contribution in [0, 0.1) is 0 Å². The lowest BCUT2D eigenvalue weighted by Crippen LogP contribution is -2.13. The van der Waals surface area contributed by atoms with Gasteiger partial charge in [-0.1, -0.05) is 6.07 Å². The third-order valence-corrected chi connectivity index (χ3v) is 2.54. The summed E-state index contributed by atoms with van der Waals surface area (Å²) in [5, 5.41) is 8.54. The maximum Gasteiger partial charge on any atom is 0.257 e. The van der Waals surface area contributed by atoms with Crippen LogP contribution in [0.1, 0.15) is 0 Å². The van der Waals surface area contributed by atoms with E-state index in [4.69, 9.17) is 5.14 Å². The molecule has 6 nitrogen and oxygen atoms in total. The fourth-order valence-electron chi connectivity index (χ4n) is 1.08. The lowest BCUT2D eigenvalue weighted by atomic mass is 10.5. The summed E-state index contributed by atoms with van der Waals surface area (Å²) in [6, 6.07) is 6.57. The zero-order valence-electron chi connectivity index (χ0n) is 7.61. The highest BCUT2D eigenvalue weighted by Crippen LogP contribution is 2.06. The Hall–Kier alpha value is -1.73. The van der Waals surface area contributed by atoms with Crippen molar-refractivity contribution in [3.8, 4) is 5.82 Å². The van der Waals surface area contributed by atoms with Gasteiger partial charge in [0.25, 0.3) is 10.0 Å². The second-order valence-corrected chi connectivity index (χ2v) is 4.34. The highest BCUT2D eigenvalue weighted by Gasteiger charge is 2.11. The molecule has 0 aliphatic carbocycles. The summed E-state index contributed by atoms with van der Waals surface area (Å²) in [6.45, 7) is 0. The molecule has 0 saturated heterocycles. The zero-order chi connectivity index (χ0) is 10.9. The molecule has 0 atom stereocenters. The van der Waals surface area contributed by atoms with Crippen molar-refractivity contribution in [2.75, 3.05) is 0 Å². The molecule has 2 aromatic rings. The summed E-state index contributed by atoms with van der Waals surface area (Å²) < 4.78 is 23.3. The molecule has 2 rings (SSSR count). The molecule has 0 amide bonds. The summed E-state index contributed by atoms with van der Waals surface area (Å²) in [5.41, 5.74) is 0. The number of hydrogen-bond donors (Lipinski definition) is 1. The Morgan fingerprint density at radius 1 is 1.27 bits per heavy atom. The van der Waals surface area contributed by atoms with E-state index in [9.17, 15) is 8.42 Å². The van der Waals surface area contributed by atoms with Gasteiger partial charge in [-0.05, 0) is 18.2 Å². The van der Waals surface area contributed by atoms with Crippen molar-refractivity contribution in [2.45, 2.75) is 5.03 Å². The minimum atomic E-state index is -3.75. The molecule has 7 heteroatoms. The summed E-state index contributed by atoms with van der Waals surface area (Å²) in [5.74, 6) is 0.535. The van der Waals surface area contributed by atoms with Crippen LogP contribution in [0.15, 0.2) is 41.7 Å². The monoisotopic (exact) mass is 224 g/mol. The number of aromatic nitrogens is 3. The van der Waals surface area contributed by atoms with Gasteiger partial charge in [-0.2, -0.15) is 5.10 Å². The van der Waals surface area contributed by atoms with Crippen LogP contribution in [0.2, 0.25) is 0 Å². The number of nitrogens with two attached hydrogens (primary N) is 1. The van der Waals surface area contributed by atoms with E-state index in [0.717, 1.165) is 0 Å². The van der Waals surface area contributed by atoms with Gasteiger partial charge in [-0.3, -0.25) is 0 Å². The zero-order valence-corrected chi connectivity index (χ0v) is 8.42. The number of primary sulfonamides is 1. The average Bonchev–Trinajstić information content (AvgIpc) is 2.67. The van der Waals surface area contributed by atoms with Crippen LogP contribution in [0.4, 0.5) is 0 Å². The molecule has 0 radical (unpaired) electrons. The van der Waals surface area contributed by atoms with Crippen molar-refractivity contribution in [1.29, 1.82) is 0 Å². The van der Waals surface area contributed by atoms with Crippen LogP contribution in [-0.2, 0) is 10.0 Å². The van der Waals surface area contributed by atoms with Gasteiger partial charge >= 0.3 is 0 Å². The van der Waals surface area contributed by atoms with E-state index in [1.807, 2.05) is 0 Å². The highest BCUT2D eigenvalue weighted by atomic mass is 32.2. The summed E-state index contributed by atoms with van der Waals surface area (Å²) in [4.78, 5) is 4.01. The minimum absolute atomic E-state index is 0.173. The topological polar surface area (TPSA) is 90.9 Å². The summed E-state index contributed by atoms with van der Waals surface area (Å²) in [7, 11) is -3.75. The summed E-state index contributed by atoms with van der Waals surface area (Å²) in [6.07, 6.45) is 3.08. The molecule has 0 aliphatic rings. The predicted octanol–water partition coefficient (Wildman–Crippen LogP) is -0.0853. The van der Waals surface area contributed by atoms with Gasteiger partial charge in [0.2, 0.25) is 0 Å². The molecular formula is C8H8N4O2S. The van der Waals surface area contributed by atoms with Gasteiger partial charge in [0.05, 0.1) is 0 Å². The van der Waals surface area contributed by atoms with Crippen molar-refractivity contribution in [3.63, 3.8) is 0 Å². The van der Waals surface area contributed by atoms with E-state index in [2.05, 4.69) is 10.1 Å². The van der Waals surface area contributed by atoms with Crippen LogP contribution in [0.25, 0.3) is 5.82 Å². The molecule has 15 heavy (non-hydrogen) atoms. The van der Waals surface area contributed by atoms with Gasteiger partial charge in [-0.25, -0.2) is 23.2 Å². The molecule has 2 N–H and O–H groups in total. The van der Waals surface area contributed by atoms with Crippen molar-refractivity contribution < 1.29 is 8.42 Å². The normalized spacial score (nSPS) is 11.5. The molecule has 0 aromatic carbocycles. The molecule has 0 spiro atoms. The Kier molecular flexibility index (Phi) is 2.25. The molecule has 0 bridgehead atoms. The molecule has 2 heterocycles. The maximum absolute atomic E-state index is 11.0. The third kappa shape index (κ3) is 2.03. The first-order chi connectivity index (χ1) is 7.07. The number of rotatable bonds is 2. The van der Waals surface area contributed by atoms with Crippen molar-refractivity contribution >= 4 is 10.0 Å². The first-order valence-electron chi connectivity index (χ1n) is 4.07. The Morgan fingerprint density at radius 2 is 2.07 bits per heavy atom. The molecule has 0 saturated carbocycles. The Labute approximate surface area is 86.4 Å². The average molecular weight is 224 g/mol. The second kappa shape index (κ2) is 3.44. The summed E-state index contributed by atoms with van der Waals surface area (Å²) >= 11 is 0. The van der Waals surface area contributed by atoms with E-state index >= 15 is 0 Å². The van der Waals surface area contributed by atoms with Crippen LogP contribution >= 0.6 is 0 Å². The third-order valence-electron chi connectivity index (χ3n) is 1.74. The number of nitrogens with zero attached hydrogens (tertiary/aromatic N) is 3. The molecule has 2 aromatic heterocycles. The van der Waals surface area contributed by atoms with E-state index in [-0.39, 0.29) is 5.03 Å². The Morgan fingerprint density at radius 3 is 2.60 bits per heavy atom. The van der Waals surface area contributed by atoms with Crippen LogP contribution in [-0.4, -0.2) is 23.2 Å². The smallest absolute Gasteiger partial charge is 0.237 e. The van der Waals surface area contributed by atoms with E-state index in [1.54, 1.807) is 24.4 Å². The molecule has 0 fully saturated rings. The quantitative estimate of drug-likeness (QED) is 0.772. The van der Waals surface area contributed by atoms with Crippen LogP contribution < -0.4 is 5.14 Å². The standard InChI is InChI=1S/C8H8N4O2S/c9-15(13,14)8-4-6-12(11-8)7-3-1-2-5-10-7/h1-6H,(H2,9,13,14). The van der Waals surface area contributed by atoms with Crippen molar-refractivity contribution in [2.24, 2.45) is 5.14 Å².